The maximum Gasteiger partial charge on any atom is 0.113 e. The Morgan fingerprint density at radius 1 is 1.06 bits per heavy atom. The lowest BCUT2D eigenvalue weighted by Gasteiger charge is -1.94. The van der Waals surface area contributed by atoms with Crippen molar-refractivity contribution < 1.29 is 4.74 Å². The standard InChI is InChI=1S/C14H9NO/c1-2-4-13-11(3-1)12-5-9-7-16-8-10(9)6-14(12)15-13/h1-6,8H,7H2. The lowest BCUT2D eigenvalue weighted by Crippen LogP contribution is -2.01. The number of benzene rings is 2. The Hall–Kier alpha value is -2.09. The fraction of sp³-hybridized carbons (Fsp3) is 0.0714. The molecule has 0 radical (unpaired) electrons. The van der Waals surface area contributed by atoms with E-state index in [4.69, 9.17) is 4.74 Å². The maximum atomic E-state index is 5.31. The van der Waals surface area contributed by atoms with E-state index in [-0.39, 0.29) is 0 Å². The molecule has 2 heteroatoms. The third-order valence-electron chi connectivity index (χ3n) is 3.14. The zero-order valence-corrected chi connectivity index (χ0v) is 8.60. The van der Waals surface area contributed by atoms with E-state index < -0.39 is 0 Å². The molecule has 0 unspecified atom stereocenters. The highest BCUT2D eigenvalue weighted by Crippen LogP contribution is 2.18. The zero-order chi connectivity index (χ0) is 10.5. The van der Waals surface area contributed by atoms with Gasteiger partial charge in [0.25, 0.3) is 0 Å². The summed E-state index contributed by atoms with van der Waals surface area (Å²) in [5.41, 5.74) is 2.31. The fourth-order valence-corrected chi connectivity index (χ4v) is 2.34. The van der Waals surface area contributed by atoms with Crippen LogP contribution in [0.15, 0.2) is 41.4 Å². The molecule has 0 N–H and O–H groups in total. The monoisotopic (exact) mass is 207 g/mol. The minimum Gasteiger partial charge on any atom is -0.496 e. The molecule has 0 bridgehead atoms. The van der Waals surface area contributed by atoms with Gasteiger partial charge in [-0.25, -0.2) is 4.99 Å². The fourth-order valence-electron chi connectivity index (χ4n) is 2.34. The molecule has 2 aromatic carbocycles. The Morgan fingerprint density at radius 2 is 2.00 bits per heavy atom. The number of hydrogen-bond acceptors (Lipinski definition) is 2. The van der Waals surface area contributed by atoms with Crippen molar-refractivity contribution in [1.82, 2.24) is 0 Å². The molecule has 76 valence electrons. The summed E-state index contributed by atoms with van der Waals surface area (Å²) in [6.07, 6.45) is 1.81. The number of fused-ring (bicyclic) bond motifs is 3. The van der Waals surface area contributed by atoms with E-state index in [1.54, 1.807) is 0 Å². The summed E-state index contributed by atoms with van der Waals surface area (Å²) >= 11 is 0. The topological polar surface area (TPSA) is 21.6 Å². The average molecular weight is 207 g/mol. The van der Waals surface area contributed by atoms with Gasteiger partial charge in [-0.1, -0.05) is 18.2 Å². The number of hydrogen-bond donors (Lipinski definition) is 0. The van der Waals surface area contributed by atoms with Gasteiger partial charge in [-0.3, -0.25) is 0 Å². The predicted molar refractivity (Wildman–Crippen MR) is 60.3 cm³/mol. The van der Waals surface area contributed by atoms with Gasteiger partial charge in [0.2, 0.25) is 0 Å². The van der Waals surface area contributed by atoms with E-state index in [1.165, 1.54) is 16.0 Å². The van der Waals surface area contributed by atoms with Crippen LogP contribution in [0.2, 0.25) is 0 Å². The highest BCUT2D eigenvalue weighted by atomic mass is 16.5. The SMILES string of the molecule is C1=c2cc3c(cc2CO1)=c1ccccc1=N3. The third kappa shape index (κ3) is 0.936. The van der Waals surface area contributed by atoms with E-state index in [9.17, 15) is 0 Å². The van der Waals surface area contributed by atoms with Crippen molar-refractivity contribution in [3.8, 4) is 0 Å². The minimum atomic E-state index is 0.685. The van der Waals surface area contributed by atoms with E-state index in [0.29, 0.717) is 6.61 Å². The molecule has 0 amide bonds. The van der Waals surface area contributed by atoms with Crippen LogP contribution in [0.1, 0.15) is 5.56 Å². The Balaban J connectivity index is 2.28. The van der Waals surface area contributed by atoms with Crippen LogP contribution < -0.4 is 10.6 Å². The quantitative estimate of drug-likeness (QED) is 0.547. The van der Waals surface area contributed by atoms with Gasteiger partial charge < -0.3 is 4.74 Å². The Labute approximate surface area is 91.8 Å². The van der Waals surface area contributed by atoms with Gasteiger partial charge >= 0.3 is 0 Å². The molecule has 2 aliphatic rings. The van der Waals surface area contributed by atoms with Gasteiger partial charge in [0.1, 0.15) is 6.61 Å². The Morgan fingerprint density at radius 3 is 3.00 bits per heavy atom. The molecule has 2 nitrogen and oxygen atoms in total. The van der Waals surface area contributed by atoms with Crippen LogP contribution in [0.5, 0.6) is 0 Å². The molecular weight excluding hydrogens is 198 g/mol. The van der Waals surface area contributed by atoms with Crippen LogP contribution in [0.3, 0.4) is 0 Å². The van der Waals surface area contributed by atoms with Crippen molar-refractivity contribution >= 4 is 11.9 Å². The highest BCUT2D eigenvalue weighted by Gasteiger charge is 2.09. The van der Waals surface area contributed by atoms with Gasteiger partial charge in [-0.05, 0) is 18.2 Å². The van der Waals surface area contributed by atoms with Crippen LogP contribution in [0, 0.1) is 10.4 Å². The first-order valence-electron chi connectivity index (χ1n) is 5.35. The molecular formula is C14H9NO. The van der Waals surface area contributed by atoms with Crippen LogP contribution in [0.4, 0.5) is 5.69 Å². The molecule has 0 spiro atoms. The lowest BCUT2D eigenvalue weighted by atomic mass is 10.1. The zero-order valence-electron chi connectivity index (χ0n) is 8.60. The van der Waals surface area contributed by atoms with Crippen molar-refractivity contribution in [2.45, 2.75) is 6.61 Å². The third-order valence-corrected chi connectivity index (χ3v) is 3.14. The summed E-state index contributed by atoms with van der Waals surface area (Å²) < 4.78 is 5.31. The summed E-state index contributed by atoms with van der Waals surface area (Å²) in [5, 5.41) is 4.69. The van der Waals surface area contributed by atoms with Crippen molar-refractivity contribution in [3.63, 3.8) is 0 Å². The number of rotatable bonds is 0. The largest absolute Gasteiger partial charge is 0.496 e. The van der Waals surface area contributed by atoms with Gasteiger partial charge in [0, 0.05) is 21.2 Å². The minimum absolute atomic E-state index is 0.685. The lowest BCUT2D eigenvalue weighted by molar-refractivity contribution is 0.297. The summed E-state index contributed by atoms with van der Waals surface area (Å²) in [7, 11) is 0. The van der Waals surface area contributed by atoms with E-state index in [1.807, 2.05) is 12.3 Å². The molecule has 0 atom stereocenters. The van der Waals surface area contributed by atoms with Gasteiger partial charge in [0.05, 0.1) is 17.3 Å². The molecule has 0 saturated carbocycles. The molecule has 0 fully saturated rings. The molecule has 0 aromatic heterocycles. The van der Waals surface area contributed by atoms with Crippen LogP contribution in [-0.2, 0) is 11.3 Å². The van der Waals surface area contributed by atoms with Gasteiger partial charge in [0.15, 0.2) is 0 Å². The van der Waals surface area contributed by atoms with Crippen molar-refractivity contribution in [2.75, 3.05) is 0 Å². The van der Waals surface area contributed by atoms with Crippen LogP contribution in [-0.4, -0.2) is 0 Å². The van der Waals surface area contributed by atoms with E-state index in [0.717, 1.165) is 16.3 Å². The van der Waals surface area contributed by atoms with Crippen LogP contribution in [0.25, 0.3) is 6.26 Å². The first-order chi connectivity index (χ1) is 7.92. The molecule has 2 aliphatic heterocycles. The Kier molecular flexibility index (Phi) is 1.38. The maximum absolute atomic E-state index is 5.31. The van der Waals surface area contributed by atoms with Gasteiger partial charge in [-0.15, -0.1) is 0 Å². The van der Waals surface area contributed by atoms with Crippen LogP contribution >= 0.6 is 0 Å². The molecule has 4 rings (SSSR count). The Bertz CT molecular complexity index is 806. The first kappa shape index (κ1) is 8.11. The molecule has 16 heavy (non-hydrogen) atoms. The van der Waals surface area contributed by atoms with Crippen molar-refractivity contribution in [1.29, 1.82) is 0 Å². The normalized spacial score (nSPS) is 14.2. The number of para-hydroxylation sites is 1. The molecule has 0 saturated heterocycles. The number of nitrogens with zero attached hydrogens (tertiary/aromatic N) is 1. The van der Waals surface area contributed by atoms with Gasteiger partial charge in [-0.2, -0.15) is 0 Å². The summed E-state index contributed by atoms with van der Waals surface area (Å²) in [6.45, 7) is 0.685. The second kappa shape index (κ2) is 2.73. The second-order valence-electron chi connectivity index (χ2n) is 4.13. The summed E-state index contributed by atoms with van der Waals surface area (Å²) in [6, 6.07) is 12.6. The molecule has 2 heterocycles. The molecule has 0 aliphatic carbocycles. The average Bonchev–Trinajstić information content (AvgIpc) is 2.88. The van der Waals surface area contributed by atoms with Crippen molar-refractivity contribution in [3.05, 3.63) is 63.0 Å². The van der Waals surface area contributed by atoms with E-state index >= 15 is 0 Å². The smallest absolute Gasteiger partial charge is 0.113 e. The predicted octanol–water partition coefficient (Wildman–Crippen LogP) is 1.51. The van der Waals surface area contributed by atoms with Crippen molar-refractivity contribution in [2.24, 2.45) is 4.99 Å². The molecule has 2 aromatic rings. The summed E-state index contributed by atoms with van der Waals surface area (Å²) in [5.74, 6) is 0. The first-order valence-corrected chi connectivity index (χ1v) is 5.35. The summed E-state index contributed by atoms with van der Waals surface area (Å²) in [4.78, 5) is 4.62. The number of ether oxygens (including phenoxy) is 1. The highest BCUT2D eigenvalue weighted by molar-refractivity contribution is 5.48. The second-order valence-corrected chi connectivity index (χ2v) is 4.13. The van der Waals surface area contributed by atoms with E-state index in [2.05, 4.69) is 35.3 Å².